The second-order valence-electron chi connectivity index (χ2n) is 4.81. The minimum absolute atomic E-state index is 0.0109. The molecule has 0 heterocycles. The predicted molar refractivity (Wildman–Crippen MR) is 82.8 cm³/mol. The van der Waals surface area contributed by atoms with Gasteiger partial charge in [-0.25, -0.2) is 0 Å². The van der Waals surface area contributed by atoms with Crippen molar-refractivity contribution in [1.82, 2.24) is 0 Å². The van der Waals surface area contributed by atoms with Gasteiger partial charge in [0.1, 0.15) is 0 Å². The normalized spacial score (nSPS) is 13.2. The van der Waals surface area contributed by atoms with E-state index in [4.69, 9.17) is 11.6 Å². The lowest BCUT2D eigenvalue weighted by molar-refractivity contribution is -0.137. The second kappa shape index (κ2) is 6.84. The Morgan fingerprint density at radius 2 is 1.71 bits per heavy atom. The molecule has 5 heteroatoms. The van der Waals surface area contributed by atoms with E-state index in [9.17, 15) is 13.2 Å². The number of rotatable bonds is 4. The SMILES string of the molecule is FC(F)(F)c1cccc(CC(CCl)c2ccc(Br)cc2)c1. The first-order valence-electron chi connectivity index (χ1n) is 6.37. The van der Waals surface area contributed by atoms with Crippen molar-refractivity contribution in [3.05, 3.63) is 69.7 Å². The first-order valence-corrected chi connectivity index (χ1v) is 7.70. The van der Waals surface area contributed by atoms with Gasteiger partial charge in [0, 0.05) is 16.3 Å². The molecule has 0 saturated carbocycles. The van der Waals surface area contributed by atoms with Crippen LogP contribution in [0.5, 0.6) is 0 Å². The maximum absolute atomic E-state index is 12.7. The Morgan fingerprint density at radius 1 is 1.05 bits per heavy atom. The van der Waals surface area contributed by atoms with E-state index in [-0.39, 0.29) is 5.92 Å². The van der Waals surface area contributed by atoms with Crippen LogP contribution in [0.3, 0.4) is 0 Å². The Kier molecular flexibility index (Phi) is 5.33. The molecule has 0 aliphatic carbocycles. The van der Waals surface area contributed by atoms with Gasteiger partial charge in [-0.05, 0) is 35.7 Å². The van der Waals surface area contributed by atoms with Crippen LogP contribution in [0.25, 0.3) is 0 Å². The molecule has 0 spiro atoms. The third kappa shape index (κ3) is 4.48. The maximum Gasteiger partial charge on any atom is 0.416 e. The van der Waals surface area contributed by atoms with Crippen molar-refractivity contribution in [2.45, 2.75) is 18.5 Å². The summed E-state index contributed by atoms with van der Waals surface area (Å²) in [6.45, 7) is 0. The molecule has 0 N–H and O–H groups in total. The van der Waals surface area contributed by atoms with Crippen LogP contribution in [0.2, 0.25) is 0 Å². The van der Waals surface area contributed by atoms with Crippen molar-refractivity contribution in [2.75, 3.05) is 5.88 Å². The summed E-state index contributed by atoms with van der Waals surface area (Å²) in [5.41, 5.74) is 1.04. The van der Waals surface area contributed by atoms with E-state index < -0.39 is 11.7 Å². The minimum Gasteiger partial charge on any atom is -0.166 e. The number of alkyl halides is 4. The monoisotopic (exact) mass is 376 g/mol. The molecule has 0 aliphatic heterocycles. The van der Waals surface area contributed by atoms with Crippen LogP contribution in [-0.2, 0) is 12.6 Å². The highest BCUT2D eigenvalue weighted by atomic mass is 79.9. The molecule has 0 nitrogen and oxygen atoms in total. The standard InChI is InChI=1S/C16H13BrClF3/c17-15-6-4-12(5-7-15)13(10-18)8-11-2-1-3-14(9-11)16(19,20)21/h1-7,9,13H,8,10H2. The van der Waals surface area contributed by atoms with Crippen molar-refractivity contribution < 1.29 is 13.2 Å². The van der Waals surface area contributed by atoms with Crippen molar-refractivity contribution in [1.29, 1.82) is 0 Å². The zero-order chi connectivity index (χ0) is 15.5. The summed E-state index contributed by atoms with van der Waals surface area (Å²) in [6, 6.07) is 13.1. The van der Waals surface area contributed by atoms with Crippen LogP contribution in [0.1, 0.15) is 22.6 Å². The van der Waals surface area contributed by atoms with Gasteiger partial charge in [-0.3, -0.25) is 0 Å². The summed E-state index contributed by atoms with van der Waals surface area (Å²) in [5.74, 6) is 0.348. The fourth-order valence-corrected chi connectivity index (χ4v) is 2.71. The van der Waals surface area contributed by atoms with Crippen LogP contribution in [0.4, 0.5) is 13.2 Å². The average molecular weight is 378 g/mol. The van der Waals surface area contributed by atoms with Gasteiger partial charge in [-0.2, -0.15) is 13.2 Å². The Bertz CT molecular complexity index is 593. The van der Waals surface area contributed by atoms with Gasteiger partial charge in [-0.1, -0.05) is 46.3 Å². The predicted octanol–water partition coefficient (Wildman–Crippen LogP) is 6.03. The van der Waals surface area contributed by atoms with Gasteiger partial charge >= 0.3 is 6.18 Å². The highest BCUT2D eigenvalue weighted by Gasteiger charge is 2.30. The Labute approximate surface area is 135 Å². The molecule has 0 saturated heterocycles. The summed E-state index contributed by atoms with van der Waals surface area (Å²) in [7, 11) is 0. The van der Waals surface area contributed by atoms with Crippen molar-refractivity contribution >= 4 is 27.5 Å². The molecule has 0 fully saturated rings. The van der Waals surface area contributed by atoms with E-state index in [0.717, 1.165) is 16.1 Å². The second-order valence-corrected chi connectivity index (χ2v) is 6.03. The summed E-state index contributed by atoms with van der Waals surface area (Å²) in [6.07, 6.45) is -3.83. The van der Waals surface area contributed by atoms with E-state index in [2.05, 4.69) is 15.9 Å². The van der Waals surface area contributed by atoms with Crippen molar-refractivity contribution in [3.63, 3.8) is 0 Å². The maximum atomic E-state index is 12.7. The quantitative estimate of drug-likeness (QED) is 0.570. The van der Waals surface area contributed by atoms with Gasteiger partial charge in [-0.15, -0.1) is 11.6 Å². The Morgan fingerprint density at radius 3 is 2.29 bits per heavy atom. The van der Waals surface area contributed by atoms with Gasteiger partial charge < -0.3 is 0 Å². The zero-order valence-corrected chi connectivity index (χ0v) is 13.3. The third-order valence-corrected chi connectivity index (χ3v) is 4.17. The average Bonchev–Trinajstić information content (AvgIpc) is 2.45. The first kappa shape index (κ1) is 16.4. The molecule has 2 aromatic carbocycles. The lowest BCUT2D eigenvalue weighted by atomic mass is 9.93. The van der Waals surface area contributed by atoms with E-state index in [1.807, 2.05) is 24.3 Å². The molecule has 0 aliphatic rings. The molecule has 21 heavy (non-hydrogen) atoms. The van der Waals surface area contributed by atoms with Gasteiger partial charge in [0.05, 0.1) is 5.56 Å². The largest absolute Gasteiger partial charge is 0.416 e. The fourth-order valence-electron chi connectivity index (χ4n) is 2.16. The molecule has 2 aromatic rings. The smallest absolute Gasteiger partial charge is 0.166 e. The van der Waals surface area contributed by atoms with E-state index in [1.165, 1.54) is 12.1 Å². The van der Waals surface area contributed by atoms with Gasteiger partial charge in [0.25, 0.3) is 0 Å². The zero-order valence-electron chi connectivity index (χ0n) is 11.0. The molecule has 0 bridgehead atoms. The topological polar surface area (TPSA) is 0 Å². The summed E-state index contributed by atoms with van der Waals surface area (Å²) < 4.78 is 39.1. The fraction of sp³-hybridized carbons (Fsp3) is 0.250. The number of hydrogen-bond acceptors (Lipinski definition) is 0. The molecule has 0 aromatic heterocycles. The Hall–Kier alpha value is -1.00. The number of hydrogen-bond donors (Lipinski definition) is 0. The molecular formula is C16H13BrClF3. The molecule has 1 atom stereocenters. The summed E-state index contributed by atoms with van der Waals surface area (Å²) in [4.78, 5) is 0. The van der Waals surface area contributed by atoms with Crippen LogP contribution >= 0.6 is 27.5 Å². The van der Waals surface area contributed by atoms with E-state index in [1.54, 1.807) is 6.07 Å². The van der Waals surface area contributed by atoms with Gasteiger partial charge in [0.15, 0.2) is 0 Å². The van der Waals surface area contributed by atoms with Crippen molar-refractivity contribution in [2.24, 2.45) is 0 Å². The molecule has 0 amide bonds. The van der Waals surface area contributed by atoms with Crippen LogP contribution in [0, 0.1) is 0 Å². The van der Waals surface area contributed by atoms with Crippen LogP contribution < -0.4 is 0 Å². The van der Waals surface area contributed by atoms with Crippen molar-refractivity contribution in [3.8, 4) is 0 Å². The lowest BCUT2D eigenvalue weighted by Gasteiger charge is -2.16. The van der Waals surface area contributed by atoms with Crippen LogP contribution in [0.15, 0.2) is 53.0 Å². The molecular weight excluding hydrogens is 365 g/mol. The highest BCUT2D eigenvalue weighted by molar-refractivity contribution is 9.10. The van der Waals surface area contributed by atoms with E-state index >= 15 is 0 Å². The minimum atomic E-state index is -4.32. The highest BCUT2D eigenvalue weighted by Crippen LogP contribution is 2.31. The molecule has 2 rings (SSSR count). The molecule has 1 unspecified atom stereocenters. The van der Waals surface area contributed by atoms with Gasteiger partial charge in [0.2, 0.25) is 0 Å². The Balaban J connectivity index is 2.21. The third-order valence-electron chi connectivity index (χ3n) is 3.26. The molecule has 0 radical (unpaired) electrons. The summed E-state index contributed by atoms with van der Waals surface area (Å²) in [5, 5.41) is 0. The number of benzene rings is 2. The number of halogens is 5. The first-order chi connectivity index (χ1) is 9.90. The van der Waals surface area contributed by atoms with Crippen LogP contribution in [-0.4, -0.2) is 5.88 Å². The lowest BCUT2D eigenvalue weighted by Crippen LogP contribution is -2.08. The summed E-state index contributed by atoms with van der Waals surface area (Å²) >= 11 is 9.34. The van der Waals surface area contributed by atoms with E-state index in [0.29, 0.717) is 17.9 Å². The molecule has 112 valence electrons.